The Hall–Kier alpha value is -2.09. The van der Waals surface area contributed by atoms with E-state index in [9.17, 15) is 4.79 Å². The molecule has 2 atom stereocenters. The van der Waals surface area contributed by atoms with Gasteiger partial charge in [-0.2, -0.15) is 9.97 Å². The molecule has 1 aliphatic rings. The molecule has 0 radical (unpaired) electrons. The zero-order valence-corrected chi connectivity index (χ0v) is 18.1. The van der Waals surface area contributed by atoms with Gasteiger partial charge in [-0.15, -0.1) is 0 Å². The van der Waals surface area contributed by atoms with E-state index in [4.69, 9.17) is 10.5 Å². The largest absolute Gasteiger partial charge is 0.460 e. The number of nitrogen functional groups attached to an aromatic ring is 1. The zero-order chi connectivity index (χ0) is 20.8. The number of hydrogen-bond donors (Lipinski definition) is 2. The summed E-state index contributed by atoms with van der Waals surface area (Å²) in [5, 5.41) is 0. The molecule has 2 aromatic rings. The molecule has 162 valence electrons. The van der Waals surface area contributed by atoms with E-state index in [2.05, 4.69) is 33.7 Å². The van der Waals surface area contributed by atoms with E-state index in [0.29, 0.717) is 17.7 Å². The number of aryl methyl sites for hydroxylation is 1. The van der Waals surface area contributed by atoms with Crippen molar-refractivity contribution in [2.24, 2.45) is 5.92 Å². The average molecular weight is 405 g/mol. The minimum atomic E-state index is -0.186. The molecular weight excluding hydrogens is 368 g/mol. The van der Waals surface area contributed by atoms with Crippen LogP contribution in [0.3, 0.4) is 0 Å². The highest BCUT2D eigenvalue weighted by molar-refractivity contribution is 5.81. The highest BCUT2D eigenvalue weighted by Crippen LogP contribution is 2.23. The van der Waals surface area contributed by atoms with Crippen molar-refractivity contribution in [3.63, 3.8) is 0 Å². The predicted molar refractivity (Wildman–Crippen MR) is 116 cm³/mol. The fourth-order valence-electron chi connectivity index (χ4n) is 4.31. The molecule has 3 N–H and O–H groups in total. The first-order valence-corrected chi connectivity index (χ1v) is 11.2. The Bertz CT molecular complexity index is 846. The lowest BCUT2D eigenvalue weighted by molar-refractivity contribution is 0.174. The maximum absolute atomic E-state index is 12.4. The smallest absolute Gasteiger partial charge is 0.327 e. The first kappa shape index (κ1) is 21.6. The summed E-state index contributed by atoms with van der Waals surface area (Å²) in [6.45, 7) is 10.6. The molecule has 0 spiro atoms. The fourth-order valence-corrected chi connectivity index (χ4v) is 4.31. The first-order chi connectivity index (χ1) is 14.0. The van der Waals surface area contributed by atoms with Crippen LogP contribution in [0, 0.1) is 5.92 Å². The Morgan fingerprint density at radius 3 is 2.90 bits per heavy atom. The van der Waals surface area contributed by atoms with Crippen LogP contribution in [0.5, 0.6) is 6.01 Å². The van der Waals surface area contributed by atoms with Crippen LogP contribution < -0.4 is 16.2 Å². The van der Waals surface area contributed by atoms with Crippen LogP contribution in [0.4, 0.5) is 5.82 Å². The second kappa shape index (κ2) is 10.1. The molecule has 8 heteroatoms. The molecule has 0 amide bonds. The summed E-state index contributed by atoms with van der Waals surface area (Å²) in [6.07, 6.45) is 7.84. The van der Waals surface area contributed by atoms with Crippen LogP contribution in [0.15, 0.2) is 4.79 Å². The molecule has 2 aromatic heterocycles. The lowest BCUT2D eigenvalue weighted by Gasteiger charge is -2.31. The van der Waals surface area contributed by atoms with E-state index in [1.165, 1.54) is 32.4 Å². The van der Waals surface area contributed by atoms with Gasteiger partial charge in [0.05, 0.1) is 6.10 Å². The topological polar surface area (TPSA) is 102 Å². The number of nitrogens with two attached hydrogens (primary N) is 1. The summed E-state index contributed by atoms with van der Waals surface area (Å²) in [6, 6.07) is 0.241. The lowest BCUT2D eigenvalue weighted by Crippen LogP contribution is -2.35. The molecule has 0 aromatic carbocycles. The number of ether oxygens (including phenoxy) is 1. The van der Waals surface area contributed by atoms with Gasteiger partial charge >= 0.3 is 11.7 Å². The van der Waals surface area contributed by atoms with Gasteiger partial charge in [0.15, 0.2) is 11.5 Å². The van der Waals surface area contributed by atoms with Gasteiger partial charge in [0.1, 0.15) is 5.52 Å². The number of unbranched alkanes of at least 4 members (excludes halogenated alkanes) is 1. The maximum atomic E-state index is 12.4. The third-order valence-corrected chi connectivity index (χ3v) is 5.93. The number of fused-ring (bicyclic) bond motifs is 1. The van der Waals surface area contributed by atoms with Gasteiger partial charge in [-0.05, 0) is 58.0 Å². The highest BCUT2D eigenvalue weighted by atomic mass is 16.5. The summed E-state index contributed by atoms with van der Waals surface area (Å²) in [7, 11) is 0. The molecule has 0 aliphatic carbocycles. The van der Waals surface area contributed by atoms with E-state index in [1.54, 1.807) is 4.57 Å². The van der Waals surface area contributed by atoms with Crippen LogP contribution in [0.25, 0.3) is 11.2 Å². The van der Waals surface area contributed by atoms with Crippen LogP contribution in [0.2, 0.25) is 0 Å². The summed E-state index contributed by atoms with van der Waals surface area (Å²) in [4.78, 5) is 26.5. The van der Waals surface area contributed by atoms with E-state index >= 15 is 0 Å². The maximum Gasteiger partial charge on any atom is 0.327 e. The molecule has 8 nitrogen and oxygen atoms in total. The van der Waals surface area contributed by atoms with Crippen molar-refractivity contribution >= 4 is 17.0 Å². The van der Waals surface area contributed by atoms with Crippen molar-refractivity contribution in [3.05, 3.63) is 10.5 Å². The Balaban J connectivity index is 1.63. The molecule has 3 heterocycles. The van der Waals surface area contributed by atoms with E-state index < -0.39 is 0 Å². The SMILES string of the molecule is CCCC(C)Oc1nc(N)c2[nH]c(=O)n(CCCCC3CCCN(CC)C3)c2n1. The number of anilines is 1. The third-order valence-electron chi connectivity index (χ3n) is 5.93. The number of likely N-dealkylation sites (tertiary alicyclic amines) is 1. The Morgan fingerprint density at radius 1 is 1.31 bits per heavy atom. The van der Waals surface area contributed by atoms with Crippen molar-refractivity contribution in [1.29, 1.82) is 0 Å². The summed E-state index contributed by atoms with van der Waals surface area (Å²) in [5.74, 6) is 1.04. The van der Waals surface area contributed by atoms with Gasteiger partial charge in [0.25, 0.3) is 0 Å². The second-order valence-electron chi connectivity index (χ2n) is 8.29. The molecule has 3 rings (SSSR count). The highest BCUT2D eigenvalue weighted by Gasteiger charge is 2.19. The molecule has 0 saturated carbocycles. The Morgan fingerprint density at radius 2 is 2.14 bits per heavy atom. The Kier molecular flexibility index (Phi) is 7.52. The number of H-pyrrole nitrogens is 1. The fraction of sp³-hybridized carbons (Fsp3) is 0.762. The molecule has 2 unspecified atom stereocenters. The minimum Gasteiger partial charge on any atom is -0.460 e. The van der Waals surface area contributed by atoms with Crippen molar-refractivity contribution in [2.45, 2.75) is 78.4 Å². The zero-order valence-electron chi connectivity index (χ0n) is 18.1. The van der Waals surface area contributed by atoms with Crippen LogP contribution in [-0.4, -0.2) is 50.2 Å². The minimum absolute atomic E-state index is 0.00847. The van der Waals surface area contributed by atoms with Gasteiger partial charge in [0, 0.05) is 13.1 Å². The number of aromatic nitrogens is 4. The summed E-state index contributed by atoms with van der Waals surface area (Å²) < 4.78 is 7.47. The van der Waals surface area contributed by atoms with E-state index in [0.717, 1.165) is 38.1 Å². The molecule has 0 bridgehead atoms. The van der Waals surface area contributed by atoms with Gasteiger partial charge in [-0.25, -0.2) is 4.79 Å². The predicted octanol–water partition coefficient (Wildman–Crippen LogP) is 3.17. The van der Waals surface area contributed by atoms with E-state index in [1.807, 2.05) is 6.92 Å². The molecule has 29 heavy (non-hydrogen) atoms. The van der Waals surface area contributed by atoms with Crippen molar-refractivity contribution in [2.75, 3.05) is 25.4 Å². The second-order valence-corrected chi connectivity index (χ2v) is 8.29. The monoisotopic (exact) mass is 404 g/mol. The number of nitrogens with one attached hydrogen (secondary N) is 1. The number of rotatable bonds is 10. The molecule has 1 aliphatic heterocycles. The quantitative estimate of drug-likeness (QED) is 0.590. The lowest BCUT2D eigenvalue weighted by atomic mass is 9.93. The number of piperidine rings is 1. The molecule has 1 fully saturated rings. The van der Waals surface area contributed by atoms with Gasteiger partial charge in [0.2, 0.25) is 0 Å². The van der Waals surface area contributed by atoms with Crippen LogP contribution in [-0.2, 0) is 6.54 Å². The Labute approximate surface area is 172 Å². The van der Waals surface area contributed by atoms with Crippen LogP contribution in [0.1, 0.15) is 65.7 Å². The summed E-state index contributed by atoms with van der Waals surface area (Å²) in [5.41, 5.74) is 6.90. The number of hydrogen-bond acceptors (Lipinski definition) is 6. The number of imidazole rings is 1. The van der Waals surface area contributed by atoms with Crippen molar-refractivity contribution in [1.82, 2.24) is 24.4 Å². The summed E-state index contributed by atoms with van der Waals surface area (Å²) >= 11 is 0. The normalized spacial score (nSPS) is 18.9. The number of aromatic amines is 1. The first-order valence-electron chi connectivity index (χ1n) is 11.2. The molecule has 1 saturated heterocycles. The standard InChI is InChI=1S/C21H36N6O2/c1-4-9-15(3)29-20-24-18(22)17-19(25-20)27(21(28)23-17)13-7-6-10-16-11-8-12-26(5-2)14-16/h15-16H,4-14H2,1-3H3,(H,23,28)(H2,22,24,25). The van der Waals surface area contributed by atoms with Gasteiger partial charge in [-0.1, -0.05) is 26.7 Å². The van der Waals surface area contributed by atoms with Crippen molar-refractivity contribution < 1.29 is 4.74 Å². The van der Waals surface area contributed by atoms with Crippen LogP contribution >= 0.6 is 0 Å². The van der Waals surface area contributed by atoms with Gasteiger partial charge in [-0.3, -0.25) is 4.57 Å². The average Bonchev–Trinajstić information content (AvgIpc) is 3.01. The number of nitrogens with zero attached hydrogens (tertiary/aromatic N) is 4. The third kappa shape index (κ3) is 5.50. The van der Waals surface area contributed by atoms with Crippen molar-refractivity contribution in [3.8, 4) is 6.01 Å². The van der Waals surface area contributed by atoms with E-state index in [-0.39, 0.29) is 23.6 Å². The van der Waals surface area contributed by atoms with Gasteiger partial charge < -0.3 is 20.4 Å². The molecular formula is C21H36N6O2.